The molecule has 16 heavy (non-hydrogen) atoms. The first kappa shape index (κ1) is 12.0. The molecular weight excluding hydrogens is 210 g/mol. The average Bonchev–Trinajstić information content (AvgIpc) is 2.74. The summed E-state index contributed by atoms with van der Waals surface area (Å²) in [6.45, 7) is 4.73. The molecule has 1 rings (SSSR count). The number of rotatable bonds is 5. The number of hydrogen-bond donors (Lipinski definition) is 1. The summed E-state index contributed by atoms with van der Waals surface area (Å²) in [7, 11) is 0. The van der Waals surface area contributed by atoms with Crippen LogP contribution in [0.3, 0.4) is 0 Å². The number of anilines is 1. The molecule has 0 spiro atoms. The smallest absolute Gasteiger partial charge is 0.357 e. The molecule has 86 valence electrons. The molecule has 1 unspecified atom stereocenters. The fourth-order valence-electron chi connectivity index (χ4n) is 1.22. The van der Waals surface area contributed by atoms with E-state index in [1.165, 1.54) is 0 Å². The van der Waals surface area contributed by atoms with Crippen molar-refractivity contribution in [3.8, 4) is 6.07 Å². The largest absolute Gasteiger partial charge is 0.476 e. The number of nitrogens with zero attached hydrogens (tertiary/aromatic N) is 3. The first-order valence-corrected chi connectivity index (χ1v) is 4.91. The maximum absolute atomic E-state index is 10.6. The topological polar surface area (TPSA) is 90.4 Å². The number of carboxylic acid groups (broad SMARTS) is 1. The van der Waals surface area contributed by atoms with Gasteiger partial charge in [-0.05, 0) is 13.8 Å². The van der Waals surface area contributed by atoms with Gasteiger partial charge in [-0.1, -0.05) is 0 Å². The van der Waals surface area contributed by atoms with E-state index in [-0.39, 0.29) is 17.6 Å². The fraction of sp³-hybridized carbons (Fsp3) is 0.500. The first-order valence-electron chi connectivity index (χ1n) is 4.91. The Morgan fingerprint density at radius 2 is 2.50 bits per heavy atom. The van der Waals surface area contributed by atoms with E-state index in [0.29, 0.717) is 13.1 Å². The number of aromatic nitrogens is 1. The van der Waals surface area contributed by atoms with E-state index in [9.17, 15) is 4.79 Å². The Bertz CT molecular complexity index is 408. The highest BCUT2D eigenvalue weighted by Gasteiger charge is 2.16. The van der Waals surface area contributed by atoms with Crippen molar-refractivity contribution < 1.29 is 14.3 Å². The molecule has 6 nitrogen and oxygen atoms in total. The third-order valence-corrected chi connectivity index (χ3v) is 2.08. The quantitative estimate of drug-likeness (QED) is 0.810. The molecule has 0 aliphatic rings. The van der Waals surface area contributed by atoms with Gasteiger partial charge in [0.1, 0.15) is 6.26 Å². The van der Waals surface area contributed by atoms with E-state index in [1.807, 2.05) is 6.92 Å². The van der Waals surface area contributed by atoms with E-state index in [0.717, 1.165) is 6.26 Å². The highest BCUT2D eigenvalue weighted by molar-refractivity contribution is 5.85. The second kappa shape index (κ2) is 5.16. The van der Waals surface area contributed by atoms with Crippen LogP contribution in [0.4, 0.5) is 6.01 Å². The van der Waals surface area contributed by atoms with Crippen LogP contribution in [0.1, 0.15) is 24.3 Å². The number of hydrogen-bond acceptors (Lipinski definition) is 5. The summed E-state index contributed by atoms with van der Waals surface area (Å²) in [5.41, 5.74) is -0.127. The van der Waals surface area contributed by atoms with Crippen LogP contribution < -0.4 is 4.90 Å². The Hall–Kier alpha value is -2.03. The number of nitriles is 1. The number of oxazole rings is 1. The summed E-state index contributed by atoms with van der Waals surface area (Å²) in [4.78, 5) is 16.2. The van der Waals surface area contributed by atoms with Crippen molar-refractivity contribution in [3.05, 3.63) is 12.0 Å². The minimum Gasteiger partial charge on any atom is -0.476 e. The zero-order valence-electron chi connectivity index (χ0n) is 9.17. The zero-order chi connectivity index (χ0) is 12.1. The minimum atomic E-state index is -1.13. The van der Waals surface area contributed by atoms with E-state index in [1.54, 1.807) is 11.8 Å². The third-order valence-electron chi connectivity index (χ3n) is 2.08. The first-order chi connectivity index (χ1) is 7.58. The van der Waals surface area contributed by atoms with Crippen molar-refractivity contribution in [1.29, 1.82) is 5.26 Å². The molecule has 6 heteroatoms. The summed E-state index contributed by atoms with van der Waals surface area (Å²) in [5.74, 6) is -1.29. The van der Waals surface area contributed by atoms with Gasteiger partial charge in [-0.15, -0.1) is 0 Å². The lowest BCUT2D eigenvalue weighted by atomic mass is 10.2. The minimum absolute atomic E-state index is 0.127. The molecule has 0 aliphatic carbocycles. The van der Waals surface area contributed by atoms with Crippen LogP contribution in [0.25, 0.3) is 0 Å². The molecule has 1 heterocycles. The van der Waals surface area contributed by atoms with Gasteiger partial charge in [0, 0.05) is 13.1 Å². The second-order valence-corrected chi connectivity index (χ2v) is 3.39. The monoisotopic (exact) mass is 223 g/mol. The Kier molecular flexibility index (Phi) is 3.89. The molecule has 0 saturated carbocycles. The van der Waals surface area contributed by atoms with Crippen LogP contribution in [-0.2, 0) is 0 Å². The van der Waals surface area contributed by atoms with E-state index < -0.39 is 5.97 Å². The van der Waals surface area contributed by atoms with Gasteiger partial charge in [-0.25, -0.2) is 4.79 Å². The second-order valence-electron chi connectivity index (χ2n) is 3.39. The zero-order valence-corrected chi connectivity index (χ0v) is 9.17. The SMILES string of the molecule is CCN(CC(C)C#N)c1nc(C(=O)O)co1. The Morgan fingerprint density at radius 1 is 1.81 bits per heavy atom. The van der Waals surface area contributed by atoms with Gasteiger partial charge in [0.25, 0.3) is 6.01 Å². The molecule has 1 N–H and O–H groups in total. The summed E-state index contributed by atoms with van der Waals surface area (Å²) < 4.78 is 5.05. The number of carboxylic acids is 1. The molecule has 0 radical (unpaired) electrons. The van der Waals surface area contributed by atoms with Gasteiger partial charge in [-0.3, -0.25) is 0 Å². The van der Waals surface area contributed by atoms with Crippen LogP contribution in [0, 0.1) is 17.2 Å². The Balaban J connectivity index is 2.79. The molecule has 0 aliphatic heterocycles. The van der Waals surface area contributed by atoms with Gasteiger partial charge >= 0.3 is 5.97 Å². The van der Waals surface area contributed by atoms with E-state index in [4.69, 9.17) is 14.8 Å². The van der Waals surface area contributed by atoms with Crippen LogP contribution in [0.15, 0.2) is 10.7 Å². The van der Waals surface area contributed by atoms with Gasteiger partial charge in [0.2, 0.25) is 0 Å². The predicted molar refractivity (Wildman–Crippen MR) is 56.1 cm³/mol. The molecule has 0 fully saturated rings. The molecule has 0 saturated heterocycles. The van der Waals surface area contributed by atoms with Crippen molar-refractivity contribution in [2.45, 2.75) is 13.8 Å². The van der Waals surface area contributed by atoms with Gasteiger partial charge < -0.3 is 14.4 Å². The fourth-order valence-corrected chi connectivity index (χ4v) is 1.22. The van der Waals surface area contributed by atoms with Crippen molar-refractivity contribution >= 4 is 12.0 Å². The molecular formula is C10H13N3O3. The van der Waals surface area contributed by atoms with Crippen molar-refractivity contribution in [3.63, 3.8) is 0 Å². The number of aromatic carboxylic acids is 1. The maximum Gasteiger partial charge on any atom is 0.357 e. The lowest BCUT2D eigenvalue weighted by Crippen LogP contribution is -2.28. The van der Waals surface area contributed by atoms with E-state index in [2.05, 4.69) is 11.1 Å². The van der Waals surface area contributed by atoms with Crippen molar-refractivity contribution in [2.24, 2.45) is 5.92 Å². The Morgan fingerprint density at radius 3 is 2.94 bits per heavy atom. The summed E-state index contributed by atoms with van der Waals surface area (Å²) >= 11 is 0. The molecule has 1 atom stereocenters. The highest BCUT2D eigenvalue weighted by Crippen LogP contribution is 2.14. The van der Waals surface area contributed by atoms with Gasteiger partial charge in [0.15, 0.2) is 5.69 Å². The Labute approximate surface area is 93.1 Å². The summed E-state index contributed by atoms with van der Waals surface area (Å²) in [6, 6.07) is 2.34. The average molecular weight is 223 g/mol. The highest BCUT2D eigenvalue weighted by atomic mass is 16.4. The molecule has 0 bridgehead atoms. The van der Waals surface area contributed by atoms with Crippen LogP contribution in [0.5, 0.6) is 0 Å². The molecule has 0 aromatic carbocycles. The third kappa shape index (κ3) is 2.73. The maximum atomic E-state index is 10.6. The van der Waals surface area contributed by atoms with Crippen molar-refractivity contribution in [2.75, 3.05) is 18.0 Å². The molecule has 0 amide bonds. The van der Waals surface area contributed by atoms with Crippen LogP contribution in [-0.4, -0.2) is 29.1 Å². The molecule has 1 aromatic heterocycles. The van der Waals surface area contributed by atoms with Gasteiger partial charge in [0.05, 0.1) is 12.0 Å². The van der Waals surface area contributed by atoms with Crippen LogP contribution >= 0.6 is 0 Å². The van der Waals surface area contributed by atoms with Crippen molar-refractivity contribution in [1.82, 2.24) is 4.98 Å². The normalized spacial score (nSPS) is 11.8. The van der Waals surface area contributed by atoms with Gasteiger partial charge in [-0.2, -0.15) is 10.2 Å². The van der Waals surface area contributed by atoms with E-state index >= 15 is 0 Å². The number of carbonyl (C=O) groups is 1. The summed E-state index contributed by atoms with van der Waals surface area (Å²) in [6.07, 6.45) is 1.09. The predicted octanol–water partition coefficient (Wildman–Crippen LogP) is 1.36. The standard InChI is InChI=1S/C10H13N3O3/c1-3-13(5-7(2)4-11)10-12-8(6-16-10)9(14)15/h6-7H,3,5H2,1-2H3,(H,14,15). The van der Waals surface area contributed by atoms with Crippen LogP contribution in [0.2, 0.25) is 0 Å². The summed E-state index contributed by atoms with van der Waals surface area (Å²) in [5, 5.41) is 17.4. The molecule has 1 aromatic rings. The lowest BCUT2D eigenvalue weighted by Gasteiger charge is -2.19. The lowest BCUT2D eigenvalue weighted by molar-refractivity contribution is 0.0690.